The van der Waals surface area contributed by atoms with Crippen LogP contribution in [0.4, 0.5) is 4.79 Å². The van der Waals surface area contributed by atoms with Gasteiger partial charge in [-0.2, -0.15) is 0 Å². The molecule has 5 aliphatic heterocycles. The highest BCUT2D eigenvalue weighted by molar-refractivity contribution is 6.39. The third-order valence-corrected chi connectivity index (χ3v) is 19.6. The number of carboxylic acid groups (broad SMARTS) is 1. The minimum Gasteiger partial charge on any atom is -0.483 e. The maximum absolute atomic E-state index is 14.5. The van der Waals surface area contributed by atoms with Gasteiger partial charge in [0.1, 0.15) is 18.1 Å². The Morgan fingerprint density at radius 1 is 0.640 bits per heavy atom. The summed E-state index contributed by atoms with van der Waals surface area (Å²) in [6.07, 6.45) is 17.4. The van der Waals surface area contributed by atoms with Crippen LogP contribution in [0.2, 0.25) is 0 Å². The quantitative estimate of drug-likeness (QED) is 0.0584. The highest BCUT2D eigenvalue weighted by Crippen LogP contribution is 2.66. The molecule has 23 heteroatoms. The van der Waals surface area contributed by atoms with Crippen molar-refractivity contribution >= 4 is 71.3 Å². The van der Waals surface area contributed by atoms with Gasteiger partial charge >= 0.3 is 6.03 Å². The Hall–Kier alpha value is -7.30. The number of amides is 10. The summed E-state index contributed by atoms with van der Waals surface area (Å²) < 4.78 is 0. The first kappa shape index (κ1) is 70.8. The number of fused-ring (bicyclic) bond motifs is 7. The van der Waals surface area contributed by atoms with Gasteiger partial charge in [0.25, 0.3) is 30.1 Å². The van der Waals surface area contributed by atoms with Crippen molar-refractivity contribution in [3.8, 4) is 0 Å². The smallest absolute Gasteiger partial charge is 0.315 e. The number of imide groups is 1. The van der Waals surface area contributed by atoms with Crippen LogP contribution in [0.1, 0.15) is 185 Å². The van der Waals surface area contributed by atoms with Crippen molar-refractivity contribution in [1.29, 1.82) is 0 Å². The second kappa shape index (κ2) is 31.4. The number of carbonyl (C=O) groups excluding carboxylic acids is 11. The van der Waals surface area contributed by atoms with Crippen molar-refractivity contribution in [1.82, 2.24) is 46.6 Å². The summed E-state index contributed by atoms with van der Waals surface area (Å²) in [5, 5.41) is 23.5. The highest BCUT2D eigenvalue weighted by Gasteiger charge is 2.71. The maximum Gasteiger partial charge on any atom is 0.315 e. The summed E-state index contributed by atoms with van der Waals surface area (Å²) in [5.74, 6) is -4.91. The van der Waals surface area contributed by atoms with Crippen molar-refractivity contribution in [2.45, 2.75) is 206 Å². The van der Waals surface area contributed by atoms with Gasteiger partial charge in [-0.25, -0.2) is 4.79 Å². The molecule has 2 aliphatic carbocycles. The summed E-state index contributed by atoms with van der Waals surface area (Å²) in [7, 11) is 0. The Labute approximate surface area is 524 Å². The molecule has 23 nitrogen and oxygen atoms in total. The first-order chi connectivity index (χ1) is 42.2. The molecule has 2 saturated carbocycles. The van der Waals surface area contributed by atoms with E-state index in [1.54, 1.807) is 34.1 Å². The minimum absolute atomic E-state index is 0.0371. The van der Waals surface area contributed by atoms with Gasteiger partial charge in [0.2, 0.25) is 35.2 Å². The summed E-state index contributed by atoms with van der Waals surface area (Å²) in [4.78, 5) is 159. The third kappa shape index (κ3) is 17.4. The molecule has 1 aromatic carbocycles. The lowest BCUT2D eigenvalue weighted by Gasteiger charge is -2.36. The van der Waals surface area contributed by atoms with E-state index in [0.29, 0.717) is 62.7 Å². The number of hydrogen-bond acceptors (Lipinski definition) is 13. The Kier molecular flexibility index (Phi) is 25.0. The van der Waals surface area contributed by atoms with Gasteiger partial charge in [-0.3, -0.25) is 57.6 Å². The van der Waals surface area contributed by atoms with E-state index >= 15 is 0 Å². The van der Waals surface area contributed by atoms with Crippen molar-refractivity contribution in [3.05, 3.63) is 60.7 Å². The lowest BCUT2D eigenvalue weighted by molar-refractivity contribution is -0.144. The molecule has 4 saturated heterocycles. The molecule has 0 radical (unpaired) electrons. The monoisotopic (exact) mass is 1240 g/mol. The van der Waals surface area contributed by atoms with Gasteiger partial charge in [-0.15, -0.1) is 13.2 Å². The van der Waals surface area contributed by atoms with Crippen LogP contribution in [0, 0.1) is 39.9 Å². The molecule has 7 aliphatic rings. The van der Waals surface area contributed by atoms with Crippen LogP contribution >= 0.6 is 0 Å². The van der Waals surface area contributed by atoms with Crippen LogP contribution in [0.3, 0.4) is 0 Å². The molecule has 5 heterocycles. The Morgan fingerprint density at radius 3 is 1.43 bits per heavy atom. The number of piperidine rings is 2. The van der Waals surface area contributed by atoms with Gasteiger partial charge in [0, 0.05) is 26.2 Å². The fourth-order valence-electron chi connectivity index (χ4n) is 14.0. The van der Waals surface area contributed by atoms with E-state index in [-0.39, 0.29) is 78.3 Å². The molecular weight excluding hydrogens is 1140 g/mol. The summed E-state index contributed by atoms with van der Waals surface area (Å²) in [6.45, 7) is 22.0. The normalized spacial score (nSPS) is 28.2. The van der Waals surface area contributed by atoms with Gasteiger partial charge < -0.3 is 52.5 Å². The number of rotatable bonds is 12. The second-order valence-corrected chi connectivity index (χ2v) is 27.3. The third-order valence-electron chi connectivity index (χ3n) is 19.6. The van der Waals surface area contributed by atoms with Gasteiger partial charge in [0.15, 0.2) is 0 Å². The molecule has 8 rings (SSSR count). The summed E-state index contributed by atoms with van der Waals surface area (Å²) in [5.41, 5.74) is 6.07. The van der Waals surface area contributed by atoms with Crippen LogP contribution in [0.25, 0.3) is 0 Å². The average Bonchev–Trinajstić information content (AvgIpc) is 1.54. The first-order valence-electron chi connectivity index (χ1n) is 32.1. The molecule has 0 unspecified atom stereocenters. The van der Waals surface area contributed by atoms with Crippen LogP contribution in [0.15, 0.2) is 49.6 Å². The summed E-state index contributed by atoms with van der Waals surface area (Å²) in [6, 6.07) is 0.349. The molecule has 0 aromatic heterocycles. The topological polar surface area (TPSA) is 333 Å². The molecule has 1 aromatic rings. The molecular formula is C66H98N10O13. The summed E-state index contributed by atoms with van der Waals surface area (Å²) >= 11 is 0. The molecule has 490 valence electrons. The van der Waals surface area contributed by atoms with Gasteiger partial charge in [-0.1, -0.05) is 163 Å². The second-order valence-electron chi connectivity index (χ2n) is 27.3. The number of carbonyl (C=O) groups is 12. The van der Waals surface area contributed by atoms with Crippen LogP contribution in [0.5, 0.6) is 0 Å². The fourth-order valence-corrected chi connectivity index (χ4v) is 14.0. The Morgan fingerprint density at radius 2 is 1.02 bits per heavy atom. The Bertz CT molecular complexity index is 2780. The number of benzene rings is 1. The molecule has 11 atom stereocenters. The van der Waals surface area contributed by atoms with Crippen molar-refractivity contribution in [3.63, 3.8) is 0 Å². The van der Waals surface area contributed by atoms with Crippen molar-refractivity contribution in [2.24, 2.45) is 45.7 Å². The highest BCUT2D eigenvalue weighted by atomic mass is 16.3. The first-order valence-corrected chi connectivity index (χ1v) is 32.1. The zero-order valence-corrected chi connectivity index (χ0v) is 53.3. The predicted molar refractivity (Wildman–Crippen MR) is 333 cm³/mol. The number of nitrogens with one attached hydrogen (secondary N) is 6. The van der Waals surface area contributed by atoms with E-state index in [1.165, 1.54) is 12.2 Å². The van der Waals surface area contributed by atoms with Gasteiger partial charge in [-0.05, 0) is 77.7 Å². The van der Waals surface area contributed by atoms with E-state index in [0.717, 1.165) is 81.9 Å². The van der Waals surface area contributed by atoms with E-state index in [1.807, 2.05) is 20.8 Å². The SMILES string of the molecule is C=CCNC(=O)C(=O)[C@@H]1CCCCCCCCC[C@H](N)C(=O)N2C[C@H]3[C@@H]([C@H]2C(=O)N1)C3(C)C.C=CCNC(=O)C(=O)[C@@H]1CCCCCCCCC[C@H](NC(=O)N[C@H](CN2C(=O)c3ccccc3C2=O)C(C)(C)C)C(=O)N2C[C@H]3[C@@H]([C@H]2C(=O)N1)C3(C)C.O=CO. The van der Waals surface area contributed by atoms with E-state index in [9.17, 15) is 52.7 Å². The number of nitrogens with zero attached hydrogens (tertiary/aromatic N) is 3. The fraction of sp³-hybridized carbons (Fsp3) is 0.667. The zero-order chi connectivity index (χ0) is 65.5. The van der Waals surface area contributed by atoms with Crippen molar-refractivity contribution < 1.29 is 62.6 Å². The van der Waals surface area contributed by atoms with E-state index in [4.69, 9.17) is 15.6 Å². The van der Waals surface area contributed by atoms with Crippen LogP contribution < -0.4 is 37.6 Å². The molecule has 0 spiro atoms. The number of urea groups is 1. The van der Waals surface area contributed by atoms with Crippen LogP contribution in [-0.4, -0.2) is 166 Å². The molecule has 9 N–H and O–H groups in total. The van der Waals surface area contributed by atoms with E-state index < -0.39 is 94.8 Å². The number of hydrogen-bond donors (Lipinski definition) is 8. The molecule has 89 heavy (non-hydrogen) atoms. The largest absolute Gasteiger partial charge is 0.483 e. The lowest BCUT2D eigenvalue weighted by Crippen LogP contribution is -2.60. The number of nitrogens with two attached hydrogens (primary N) is 1. The molecule has 6 fully saturated rings. The Balaban J connectivity index is 0.000000300. The predicted octanol–water partition coefficient (Wildman–Crippen LogP) is 5.11. The molecule has 10 amide bonds. The minimum atomic E-state index is -1.03. The lowest BCUT2D eigenvalue weighted by atomic mass is 9.86. The number of ketones is 2. The van der Waals surface area contributed by atoms with E-state index in [2.05, 4.69) is 72.8 Å². The van der Waals surface area contributed by atoms with Crippen molar-refractivity contribution in [2.75, 3.05) is 32.7 Å². The zero-order valence-electron chi connectivity index (χ0n) is 53.3. The van der Waals surface area contributed by atoms with Gasteiger partial charge in [0.05, 0.1) is 41.8 Å². The molecule has 0 bridgehead atoms. The maximum atomic E-state index is 14.5. The number of Topliss-reactive ketones (excluding diaryl/α,β-unsaturated/α-hetero) is 2. The standard InChI is InChI=1S/C40H56N6O7.C25H40N4O4.CH2O2/c1-7-21-41-34(49)32(47)27-19-13-11-9-8-10-12-14-20-28(37(52)45-22-26-30(40(26,5)6)31(45)33(48)42-27)43-38(53)44-29(39(2,3)4)23-46-35(50)24-17-15-16-18-25(24)36(46)51;1-4-14-27-23(32)21(30)18-13-11-9-7-5-6-8-10-12-17(26)24(33)29-15-16-19(25(16,2)3)20(29)22(31)28-18;2-1-3/h7,15-18,26-31H,1,8-14,19-23H2,2-6H3,(H,41,49)(H,42,48)(H2,43,44,53);4,16-20H,1,5-15,26H2,2-3H3,(H,27,32)(H,28,31);1H,(H,2,3)/t26-,27-,28-,29+,30-,31-;16-,17-,18-,19-,20-;/m00./s1. The average molecular weight is 1240 g/mol. The van der Waals surface area contributed by atoms with Crippen LogP contribution in [-0.2, 0) is 43.2 Å².